The van der Waals surface area contributed by atoms with Crippen LogP contribution in [0.1, 0.15) is 56.9 Å². The van der Waals surface area contributed by atoms with Gasteiger partial charge in [0.25, 0.3) is 0 Å². The summed E-state index contributed by atoms with van der Waals surface area (Å²) in [7, 11) is 0. The highest BCUT2D eigenvalue weighted by Crippen LogP contribution is 2.43. The third-order valence-electron chi connectivity index (χ3n) is 5.48. The molecule has 6 heteroatoms. The lowest BCUT2D eigenvalue weighted by atomic mass is 9.90. The summed E-state index contributed by atoms with van der Waals surface area (Å²) in [6.07, 6.45) is 0.164. The van der Waals surface area contributed by atoms with Gasteiger partial charge in [-0.1, -0.05) is 60.7 Å². The first kappa shape index (κ1) is 21.4. The Kier molecular flexibility index (Phi) is 6.01. The van der Waals surface area contributed by atoms with Crippen molar-refractivity contribution in [3.63, 3.8) is 0 Å². The lowest BCUT2D eigenvalue weighted by molar-refractivity contribution is -0.174. The molecule has 0 aromatic heterocycles. The van der Waals surface area contributed by atoms with Crippen LogP contribution in [0.2, 0.25) is 0 Å². The van der Waals surface area contributed by atoms with Crippen molar-refractivity contribution in [3.05, 3.63) is 71.8 Å². The number of ether oxygens (including phenoxy) is 3. The van der Waals surface area contributed by atoms with E-state index in [1.807, 2.05) is 81.4 Å². The second-order valence-electron chi connectivity index (χ2n) is 9.06. The normalized spacial score (nSPS) is 25.6. The molecule has 1 amide bonds. The van der Waals surface area contributed by atoms with E-state index in [0.717, 1.165) is 11.1 Å². The third-order valence-corrected chi connectivity index (χ3v) is 5.48. The van der Waals surface area contributed by atoms with Crippen LogP contribution in [-0.4, -0.2) is 41.3 Å². The minimum Gasteiger partial charge on any atom is -0.453 e. The zero-order valence-electron chi connectivity index (χ0n) is 18.2. The quantitative estimate of drug-likeness (QED) is 0.510. The predicted molar refractivity (Wildman–Crippen MR) is 115 cm³/mol. The number of amides is 1. The molecule has 4 atom stereocenters. The lowest BCUT2D eigenvalue weighted by Gasteiger charge is -2.45. The number of epoxide rings is 1. The number of hydrogen-bond donors (Lipinski definition) is 0. The zero-order valence-corrected chi connectivity index (χ0v) is 18.2. The highest BCUT2D eigenvalue weighted by atomic mass is 16.6. The van der Waals surface area contributed by atoms with Crippen LogP contribution in [-0.2, 0) is 19.0 Å². The van der Waals surface area contributed by atoms with Gasteiger partial charge in [-0.25, -0.2) is 9.59 Å². The van der Waals surface area contributed by atoms with E-state index in [0.29, 0.717) is 19.4 Å². The van der Waals surface area contributed by atoms with Gasteiger partial charge in [0.1, 0.15) is 17.7 Å². The van der Waals surface area contributed by atoms with Crippen molar-refractivity contribution < 1.29 is 23.8 Å². The molecule has 2 saturated heterocycles. The van der Waals surface area contributed by atoms with Crippen molar-refractivity contribution in [1.82, 2.24) is 4.90 Å². The molecule has 0 spiro atoms. The summed E-state index contributed by atoms with van der Waals surface area (Å²) in [5, 5.41) is 0. The van der Waals surface area contributed by atoms with E-state index in [-0.39, 0.29) is 6.10 Å². The lowest BCUT2D eigenvalue weighted by Crippen LogP contribution is -2.55. The van der Waals surface area contributed by atoms with Gasteiger partial charge in [0.2, 0.25) is 0 Å². The molecule has 6 nitrogen and oxygen atoms in total. The summed E-state index contributed by atoms with van der Waals surface area (Å²) < 4.78 is 17.1. The van der Waals surface area contributed by atoms with Crippen molar-refractivity contribution in [2.75, 3.05) is 6.61 Å². The zero-order chi connectivity index (χ0) is 22.0. The highest BCUT2D eigenvalue weighted by molar-refractivity contribution is 5.83. The van der Waals surface area contributed by atoms with Crippen molar-refractivity contribution >= 4 is 12.1 Å². The van der Waals surface area contributed by atoms with Crippen LogP contribution in [0.5, 0.6) is 0 Å². The number of esters is 1. The molecule has 2 aliphatic rings. The van der Waals surface area contributed by atoms with Crippen molar-refractivity contribution in [1.29, 1.82) is 0 Å². The maximum atomic E-state index is 13.5. The van der Waals surface area contributed by atoms with E-state index >= 15 is 0 Å². The van der Waals surface area contributed by atoms with Gasteiger partial charge < -0.3 is 14.2 Å². The Morgan fingerprint density at radius 3 is 2.13 bits per heavy atom. The first-order valence-electron chi connectivity index (χ1n) is 10.8. The fourth-order valence-corrected chi connectivity index (χ4v) is 3.99. The number of cyclic esters (lactones) is 1. The molecule has 2 aliphatic heterocycles. The van der Waals surface area contributed by atoms with Crippen LogP contribution < -0.4 is 0 Å². The summed E-state index contributed by atoms with van der Waals surface area (Å²) in [5.74, 6) is -0.410. The van der Waals surface area contributed by atoms with Crippen LogP contribution in [0.15, 0.2) is 60.7 Å². The molecule has 2 aromatic carbocycles. The van der Waals surface area contributed by atoms with Crippen LogP contribution in [0.3, 0.4) is 0 Å². The van der Waals surface area contributed by atoms with E-state index < -0.39 is 35.9 Å². The van der Waals surface area contributed by atoms with Gasteiger partial charge >= 0.3 is 12.1 Å². The standard InChI is InChI=1S/C25H29NO5/c1-25(2,3)31-24(28)26-20(15-14-19-16-29-19)23(27)30-22(18-12-8-5-9-13-18)21(26)17-10-6-4-7-11-17/h4-13,19-22H,14-16H2,1-3H3/t19-,20+,21+,22-/m1/s1. The summed E-state index contributed by atoms with van der Waals surface area (Å²) in [6.45, 7) is 6.17. The van der Waals surface area contributed by atoms with Crippen molar-refractivity contribution in [3.8, 4) is 0 Å². The highest BCUT2D eigenvalue weighted by Gasteiger charge is 2.49. The molecule has 0 aliphatic carbocycles. The second-order valence-corrected chi connectivity index (χ2v) is 9.06. The van der Waals surface area contributed by atoms with E-state index in [1.165, 1.54) is 0 Å². The van der Waals surface area contributed by atoms with E-state index in [4.69, 9.17) is 14.2 Å². The van der Waals surface area contributed by atoms with Gasteiger partial charge in [-0.15, -0.1) is 0 Å². The molecular weight excluding hydrogens is 394 g/mol. The average Bonchev–Trinajstić information content (AvgIpc) is 3.56. The molecule has 4 rings (SSSR count). The van der Waals surface area contributed by atoms with Crippen LogP contribution in [0.25, 0.3) is 0 Å². The van der Waals surface area contributed by atoms with Crippen LogP contribution in [0, 0.1) is 0 Å². The summed E-state index contributed by atoms with van der Waals surface area (Å²) in [4.78, 5) is 28.2. The predicted octanol–water partition coefficient (Wildman–Crippen LogP) is 4.81. The largest absolute Gasteiger partial charge is 0.453 e. The average molecular weight is 424 g/mol. The maximum absolute atomic E-state index is 13.5. The fraction of sp³-hybridized carbons (Fsp3) is 0.440. The Hall–Kier alpha value is -2.86. The Bertz CT molecular complexity index is 905. The molecule has 0 saturated carbocycles. The van der Waals surface area contributed by atoms with Gasteiger partial charge in [-0.05, 0) is 44.7 Å². The van der Waals surface area contributed by atoms with E-state index in [2.05, 4.69) is 0 Å². The minimum absolute atomic E-state index is 0.148. The maximum Gasteiger partial charge on any atom is 0.411 e. The number of hydrogen-bond acceptors (Lipinski definition) is 5. The number of nitrogens with zero attached hydrogens (tertiary/aromatic N) is 1. The number of carbonyl (C=O) groups excluding carboxylic acids is 2. The summed E-state index contributed by atoms with van der Waals surface area (Å²) in [6, 6.07) is 18.0. The SMILES string of the molecule is CC(C)(C)OC(=O)N1[C@@H](CC[C@@H]2CO2)C(=O)O[C@H](c2ccccc2)[C@@H]1c1ccccc1. The van der Waals surface area contributed by atoms with Crippen molar-refractivity contribution in [2.24, 2.45) is 0 Å². The van der Waals surface area contributed by atoms with Crippen LogP contribution in [0.4, 0.5) is 4.79 Å². The van der Waals surface area contributed by atoms with Crippen LogP contribution >= 0.6 is 0 Å². The summed E-state index contributed by atoms with van der Waals surface area (Å²) in [5.41, 5.74) is 1.04. The molecule has 0 N–H and O–H groups in total. The topological polar surface area (TPSA) is 68.4 Å². The molecule has 164 valence electrons. The van der Waals surface area contributed by atoms with Gasteiger partial charge in [-0.2, -0.15) is 0 Å². The summed E-state index contributed by atoms with van der Waals surface area (Å²) >= 11 is 0. The Morgan fingerprint density at radius 2 is 1.58 bits per heavy atom. The first-order chi connectivity index (χ1) is 14.8. The number of morpholine rings is 1. The Labute approximate surface area is 183 Å². The third kappa shape index (κ3) is 5.07. The second kappa shape index (κ2) is 8.71. The molecular formula is C25H29NO5. The van der Waals surface area contributed by atoms with Gasteiger partial charge in [0.05, 0.1) is 12.7 Å². The number of benzene rings is 2. The molecule has 31 heavy (non-hydrogen) atoms. The smallest absolute Gasteiger partial charge is 0.411 e. The first-order valence-corrected chi connectivity index (χ1v) is 10.8. The molecule has 2 aromatic rings. The van der Waals surface area contributed by atoms with Gasteiger partial charge in [0, 0.05) is 0 Å². The van der Waals surface area contributed by atoms with Gasteiger partial charge in [-0.3, -0.25) is 4.90 Å². The van der Waals surface area contributed by atoms with E-state index in [1.54, 1.807) is 4.90 Å². The van der Waals surface area contributed by atoms with Crippen molar-refractivity contribution in [2.45, 2.75) is 63.5 Å². The Balaban J connectivity index is 1.77. The molecule has 2 fully saturated rings. The Morgan fingerprint density at radius 1 is 1.00 bits per heavy atom. The molecule has 0 unspecified atom stereocenters. The fourth-order valence-electron chi connectivity index (χ4n) is 3.99. The molecule has 2 heterocycles. The number of carbonyl (C=O) groups is 2. The number of rotatable bonds is 5. The van der Waals surface area contributed by atoms with E-state index in [9.17, 15) is 9.59 Å². The molecule has 0 bridgehead atoms. The van der Waals surface area contributed by atoms with Gasteiger partial charge in [0.15, 0.2) is 6.10 Å². The monoisotopic (exact) mass is 423 g/mol. The molecule has 0 radical (unpaired) electrons. The minimum atomic E-state index is -0.732.